The maximum atomic E-state index is 12.8. The number of rotatable bonds is 3. The van der Waals surface area contributed by atoms with Crippen molar-refractivity contribution in [1.29, 1.82) is 0 Å². The first-order valence-electron chi connectivity index (χ1n) is 6.81. The van der Waals surface area contributed by atoms with Gasteiger partial charge in [-0.05, 0) is 30.4 Å². The van der Waals surface area contributed by atoms with Gasteiger partial charge >= 0.3 is 6.18 Å². The fraction of sp³-hybridized carbons (Fsp3) is 0.400. The Morgan fingerprint density at radius 2 is 1.64 bits per heavy atom. The Morgan fingerprint density at radius 3 is 2.23 bits per heavy atom. The molecule has 7 heteroatoms. The van der Waals surface area contributed by atoms with Gasteiger partial charge in [-0.25, -0.2) is 8.42 Å². The molecule has 4 atom stereocenters. The average molecular weight is 330 g/mol. The molecule has 3 rings (SSSR count). The average Bonchev–Trinajstić information content (AvgIpc) is 3.07. The van der Waals surface area contributed by atoms with Crippen molar-refractivity contribution >= 4 is 15.6 Å². The molecule has 3 nitrogen and oxygen atoms in total. The molecule has 1 aromatic rings. The van der Waals surface area contributed by atoms with E-state index < -0.39 is 44.8 Å². The number of sulfone groups is 1. The molecule has 1 aromatic carbocycles. The largest absolute Gasteiger partial charge is 0.450 e. The van der Waals surface area contributed by atoms with Crippen LogP contribution in [0.15, 0.2) is 47.4 Å². The van der Waals surface area contributed by atoms with Gasteiger partial charge < -0.3 is 0 Å². The fourth-order valence-corrected chi connectivity index (χ4v) is 5.72. The topological polar surface area (TPSA) is 51.2 Å². The number of alkyl halides is 3. The van der Waals surface area contributed by atoms with Gasteiger partial charge in [0, 0.05) is 0 Å². The van der Waals surface area contributed by atoms with Gasteiger partial charge in [-0.15, -0.1) is 0 Å². The number of benzene rings is 1. The van der Waals surface area contributed by atoms with Crippen LogP contribution < -0.4 is 0 Å². The van der Waals surface area contributed by atoms with Crippen LogP contribution in [0, 0.1) is 17.8 Å². The van der Waals surface area contributed by atoms with E-state index in [0.717, 1.165) is 0 Å². The van der Waals surface area contributed by atoms with Crippen molar-refractivity contribution in [3.05, 3.63) is 42.5 Å². The number of fused-ring (bicyclic) bond motifs is 2. The molecule has 1 fully saturated rings. The van der Waals surface area contributed by atoms with E-state index in [1.165, 1.54) is 30.3 Å². The number of Topliss-reactive ketones (excluding diaryl/α,β-unsaturated/α-hetero) is 1. The number of carbonyl (C=O) groups is 1. The first-order chi connectivity index (χ1) is 10.2. The van der Waals surface area contributed by atoms with E-state index in [4.69, 9.17) is 0 Å². The molecule has 2 aliphatic carbocycles. The van der Waals surface area contributed by atoms with Crippen LogP contribution in [-0.4, -0.2) is 25.6 Å². The van der Waals surface area contributed by atoms with E-state index in [1.54, 1.807) is 12.1 Å². The molecule has 22 heavy (non-hydrogen) atoms. The molecule has 0 heterocycles. The second kappa shape index (κ2) is 4.94. The first-order valence-corrected chi connectivity index (χ1v) is 8.36. The third kappa shape index (κ3) is 2.27. The van der Waals surface area contributed by atoms with Gasteiger partial charge in [-0.1, -0.05) is 30.4 Å². The number of allylic oxidation sites excluding steroid dienone is 2. The maximum absolute atomic E-state index is 12.8. The van der Waals surface area contributed by atoms with E-state index in [1.807, 2.05) is 0 Å². The summed E-state index contributed by atoms with van der Waals surface area (Å²) in [6.45, 7) is 0. The predicted octanol–water partition coefficient (Wildman–Crippen LogP) is 2.78. The molecular formula is C15H13F3O3S. The van der Waals surface area contributed by atoms with Gasteiger partial charge in [-0.3, -0.25) is 4.79 Å². The zero-order chi connectivity index (χ0) is 16.1. The van der Waals surface area contributed by atoms with Crippen LogP contribution in [-0.2, 0) is 14.6 Å². The highest BCUT2D eigenvalue weighted by Gasteiger charge is 2.59. The minimum Gasteiger partial charge on any atom is -0.289 e. The normalized spacial score (nSPS) is 30.7. The molecule has 2 aliphatic rings. The number of hydrogen-bond donors (Lipinski definition) is 0. The highest BCUT2D eigenvalue weighted by molar-refractivity contribution is 7.92. The third-order valence-electron chi connectivity index (χ3n) is 4.40. The molecule has 118 valence electrons. The lowest BCUT2D eigenvalue weighted by Gasteiger charge is -2.27. The highest BCUT2D eigenvalue weighted by Crippen LogP contribution is 2.50. The number of hydrogen-bond acceptors (Lipinski definition) is 3. The van der Waals surface area contributed by atoms with Crippen molar-refractivity contribution < 1.29 is 26.4 Å². The van der Waals surface area contributed by atoms with Gasteiger partial charge in [0.1, 0.15) is 0 Å². The SMILES string of the molecule is O=C([C@H]1[C@H](S(=O)(=O)c2ccccc2)[C@@H]2C=C[C@H]1C2)C(F)(F)F. The molecule has 2 bridgehead atoms. The lowest BCUT2D eigenvalue weighted by molar-refractivity contribution is -0.176. The fourth-order valence-electron chi connectivity index (χ4n) is 3.50. The molecule has 0 spiro atoms. The Bertz CT molecular complexity index is 722. The van der Waals surface area contributed by atoms with Crippen LogP contribution in [0.25, 0.3) is 0 Å². The Balaban J connectivity index is 2.05. The number of halogens is 3. The standard InChI is InChI=1S/C15H13F3O3S/c16-15(17,18)14(19)12-9-6-7-10(8-9)13(12)22(20,21)11-4-2-1-3-5-11/h1-7,9-10,12-13H,8H2/t9-,10+,12+,13+/m0/s1. The summed E-state index contributed by atoms with van der Waals surface area (Å²) in [4.78, 5) is 11.7. The van der Waals surface area contributed by atoms with Crippen LogP contribution in [0.1, 0.15) is 6.42 Å². The summed E-state index contributed by atoms with van der Waals surface area (Å²) in [5.41, 5.74) is 0. The van der Waals surface area contributed by atoms with Gasteiger partial charge in [0.25, 0.3) is 0 Å². The molecule has 0 amide bonds. The minimum absolute atomic E-state index is 0.0408. The van der Waals surface area contributed by atoms with Crippen LogP contribution in [0.3, 0.4) is 0 Å². The number of carbonyl (C=O) groups excluding carboxylic acids is 1. The van der Waals surface area contributed by atoms with E-state index in [9.17, 15) is 26.4 Å². The second-order valence-corrected chi connectivity index (χ2v) is 7.76. The van der Waals surface area contributed by atoms with Crippen LogP contribution >= 0.6 is 0 Å². The predicted molar refractivity (Wildman–Crippen MR) is 72.7 cm³/mol. The molecule has 0 aliphatic heterocycles. The summed E-state index contributed by atoms with van der Waals surface area (Å²) in [7, 11) is -4.00. The lowest BCUT2D eigenvalue weighted by Crippen LogP contribution is -2.43. The summed E-state index contributed by atoms with van der Waals surface area (Å²) in [5.74, 6) is -4.66. The zero-order valence-electron chi connectivity index (χ0n) is 11.3. The van der Waals surface area contributed by atoms with Crippen molar-refractivity contribution in [2.75, 3.05) is 0 Å². The molecule has 0 N–H and O–H groups in total. The molecular weight excluding hydrogens is 317 g/mol. The maximum Gasteiger partial charge on any atom is 0.450 e. The summed E-state index contributed by atoms with van der Waals surface area (Å²) < 4.78 is 63.9. The van der Waals surface area contributed by atoms with Crippen LogP contribution in [0.4, 0.5) is 13.2 Å². The second-order valence-electron chi connectivity index (χ2n) is 5.66. The van der Waals surface area contributed by atoms with E-state index in [-0.39, 0.29) is 11.3 Å². The van der Waals surface area contributed by atoms with Crippen molar-refractivity contribution in [3.8, 4) is 0 Å². The zero-order valence-corrected chi connectivity index (χ0v) is 12.1. The van der Waals surface area contributed by atoms with E-state index in [2.05, 4.69) is 0 Å². The molecule has 0 unspecified atom stereocenters. The van der Waals surface area contributed by atoms with Gasteiger partial charge in [0.2, 0.25) is 5.78 Å². The van der Waals surface area contributed by atoms with Crippen molar-refractivity contribution in [2.24, 2.45) is 17.8 Å². The van der Waals surface area contributed by atoms with Gasteiger partial charge in [0.05, 0.1) is 16.1 Å². The molecule has 1 saturated carbocycles. The molecule has 0 aromatic heterocycles. The van der Waals surface area contributed by atoms with E-state index >= 15 is 0 Å². The van der Waals surface area contributed by atoms with Crippen LogP contribution in [0.2, 0.25) is 0 Å². The summed E-state index contributed by atoms with van der Waals surface area (Å²) in [6.07, 6.45) is -1.58. The minimum atomic E-state index is -5.02. The van der Waals surface area contributed by atoms with Crippen LogP contribution in [0.5, 0.6) is 0 Å². The monoisotopic (exact) mass is 330 g/mol. The van der Waals surface area contributed by atoms with Crippen molar-refractivity contribution in [3.63, 3.8) is 0 Å². The van der Waals surface area contributed by atoms with Crippen molar-refractivity contribution in [2.45, 2.75) is 22.7 Å². The third-order valence-corrected chi connectivity index (χ3v) is 6.69. The number of ketones is 1. The molecule has 0 radical (unpaired) electrons. The highest BCUT2D eigenvalue weighted by atomic mass is 32.2. The smallest absolute Gasteiger partial charge is 0.289 e. The van der Waals surface area contributed by atoms with E-state index in [0.29, 0.717) is 0 Å². The van der Waals surface area contributed by atoms with Crippen molar-refractivity contribution in [1.82, 2.24) is 0 Å². The molecule has 0 saturated heterocycles. The Labute approximate surface area is 125 Å². The van der Waals surface area contributed by atoms with Gasteiger partial charge in [0.15, 0.2) is 9.84 Å². The Hall–Kier alpha value is -1.63. The summed E-state index contributed by atoms with van der Waals surface area (Å²) in [5, 5.41) is -1.33. The van der Waals surface area contributed by atoms with Gasteiger partial charge in [-0.2, -0.15) is 13.2 Å². The quantitative estimate of drug-likeness (QED) is 0.801. The summed E-state index contributed by atoms with van der Waals surface area (Å²) in [6, 6.07) is 7.34. The summed E-state index contributed by atoms with van der Waals surface area (Å²) >= 11 is 0. The Kier molecular flexibility index (Phi) is 3.43. The lowest BCUT2D eigenvalue weighted by atomic mass is 9.89. The Morgan fingerprint density at radius 1 is 1.05 bits per heavy atom. The first kappa shape index (κ1) is 15.3.